The molecule has 5 aromatic carbocycles. The van der Waals surface area contributed by atoms with Crippen molar-refractivity contribution >= 4 is 47.4 Å². The molecule has 1 aliphatic heterocycles. The van der Waals surface area contributed by atoms with E-state index in [9.17, 15) is 17.6 Å². The molecule has 3 N–H and O–H groups in total. The van der Waals surface area contributed by atoms with E-state index in [2.05, 4.69) is 54.1 Å². The van der Waals surface area contributed by atoms with Gasteiger partial charge in [0.2, 0.25) is 10.0 Å². The lowest BCUT2D eigenvalue weighted by molar-refractivity contribution is 0.0584. The maximum Gasteiger partial charge on any atom is 0.411 e. The molecule has 1 aliphatic rings. The summed E-state index contributed by atoms with van der Waals surface area (Å²) >= 11 is 6.58. The number of amides is 1. The summed E-state index contributed by atoms with van der Waals surface area (Å²) in [5, 5.41) is 6.87. The third-order valence-electron chi connectivity index (χ3n) is 13.3. The highest BCUT2D eigenvalue weighted by atomic mass is 35.5. The molecule has 0 saturated carbocycles. The summed E-state index contributed by atoms with van der Waals surface area (Å²) < 4.78 is 66.8. The standard InChI is InChI=1S/C56H74ClFN4O7SSi/c1-56(2,3)71(5,6)69-54(45-25-29-53(51(37-45)61-70(4,64)65)67-41-43-22-16-13-17-23-43)39-59-32-18-10-8-7-9-11-19-33-62-34-30-47(31-35-62)68-55(63)60-50-27-26-46(58)38-48(50)44-24-28-52(49(57)36-44)66-40-42-20-14-12-15-21-42/h12-17,20-29,36-38,47,54,59,61H,7-11,18-19,30-35,39-41H2,1-6H3,(H,60,63)/t54-/m0/s1. The normalized spacial score (nSPS) is 14.2. The number of piperidine rings is 1. The smallest absolute Gasteiger partial charge is 0.411 e. The van der Waals surface area contributed by atoms with E-state index in [0.29, 0.717) is 58.8 Å². The minimum Gasteiger partial charge on any atom is -0.487 e. The molecule has 384 valence electrons. The number of rotatable bonds is 26. The van der Waals surface area contributed by atoms with Gasteiger partial charge in [0.1, 0.15) is 36.6 Å². The van der Waals surface area contributed by atoms with E-state index in [-0.39, 0.29) is 17.2 Å². The van der Waals surface area contributed by atoms with E-state index < -0.39 is 30.3 Å². The number of anilines is 2. The number of hydrogen-bond donors (Lipinski definition) is 3. The topological polar surface area (TPSA) is 127 Å². The Kier molecular flexibility index (Phi) is 20.8. The Bertz CT molecular complexity index is 2560. The van der Waals surface area contributed by atoms with Gasteiger partial charge in [-0.3, -0.25) is 10.0 Å². The number of halogens is 2. The van der Waals surface area contributed by atoms with Crippen molar-refractivity contribution in [3.8, 4) is 22.6 Å². The van der Waals surface area contributed by atoms with Crippen LogP contribution in [0.2, 0.25) is 23.2 Å². The van der Waals surface area contributed by atoms with Crippen molar-refractivity contribution in [3.05, 3.63) is 143 Å². The zero-order valence-corrected chi connectivity index (χ0v) is 45.0. The van der Waals surface area contributed by atoms with Gasteiger partial charge < -0.3 is 28.9 Å². The molecule has 0 radical (unpaired) electrons. The Morgan fingerprint density at radius 3 is 2.00 bits per heavy atom. The molecule has 0 spiro atoms. The van der Waals surface area contributed by atoms with Crippen LogP contribution in [0.3, 0.4) is 0 Å². The van der Waals surface area contributed by atoms with Gasteiger partial charge in [-0.2, -0.15) is 0 Å². The van der Waals surface area contributed by atoms with Gasteiger partial charge in [-0.05, 0) is 122 Å². The Balaban J connectivity index is 0.867. The molecule has 0 aliphatic carbocycles. The first-order chi connectivity index (χ1) is 33.9. The zero-order chi connectivity index (χ0) is 50.9. The van der Waals surface area contributed by atoms with E-state index in [1.807, 2.05) is 78.9 Å². The second kappa shape index (κ2) is 26.7. The third kappa shape index (κ3) is 18.2. The van der Waals surface area contributed by atoms with Crippen molar-refractivity contribution in [3.63, 3.8) is 0 Å². The van der Waals surface area contributed by atoms with Crippen LogP contribution in [-0.2, 0) is 32.4 Å². The summed E-state index contributed by atoms with van der Waals surface area (Å²) in [6, 6.07) is 34.7. The van der Waals surface area contributed by atoms with Crippen molar-refractivity contribution in [2.24, 2.45) is 0 Å². The van der Waals surface area contributed by atoms with Gasteiger partial charge in [-0.25, -0.2) is 17.6 Å². The lowest BCUT2D eigenvalue weighted by Gasteiger charge is -2.39. The number of unbranched alkanes of at least 4 members (excludes halogenated alkanes) is 6. The second-order valence-corrected chi connectivity index (χ2v) is 27.0. The number of sulfonamides is 1. The van der Waals surface area contributed by atoms with Gasteiger partial charge in [-0.1, -0.05) is 137 Å². The van der Waals surface area contributed by atoms with Crippen molar-refractivity contribution in [2.75, 3.05) is 49.0 Å². The number of likely N-dealkylation sites (tertiary alicyclic amines) is 1. The number of nitrogens with one attached hydrogen (secondary N) is 3. The average molecular weight is 1030 g/mol. The van der Waals surface area contributed by atoms with Gasteiger partial charge >= 0.3 is 6.09 Å². The van der Waals surface area contributed by atoms with Crippen LogP contribution in [0.5, 0.6) is 11.5 Å². The predicted molar refractivity (Wildman–Crippen MR) is 289 cm³/mol. The second-order valence-electron chi connectivity index (χ2n) is 20.1. The van der Waals surface area contributed by atoms with Crippen LogP contribution >= 0.6 is 11.6 Å². The van der Waals surface area contributed by atoms with E-state index >= 15 is 0 Å². The third-order valence-corrected chi connectivity index (χ3v) is 18.7. The molecular weight excluding hydrogens is 955 g/mol. The van der Waals surface area contributed by atoms with Gasteiger partial charge in [-0.15, -0.1) is 0 Å². The Hall–Kier alpha value is -4.96. The van der Waals surface area contributed by atoms with Crippen LogP contribution in [-0.4, -0.2) is 72.8 Å². The van der Waals surface area contributed by atoms with Gasteiger partial charge in [0, 0.05) is 25.2 Å². The molecule has 11 nitrogen and oxygen atoms in total. The first kappa shape index (κ1) is 55.4. The molecule has 1 atom stereocenters. The fraction of sp³-hybridized carbons (Fsp3) is 0.446. The van der Waals surface area contributed by atoms with Crippen molar-refractivity contribution in [1.29, 1.82) is 0 Å². The Morgan fingerprint density at radius 2 is 1.38 bits per heavy atom. The van der Waals surface area contributed by atoms with Crippen molar-refractivity contribution in [1.82, 2.24) is 10.2 Å². The molecule has 71 heavy (non-hydrogen) atoms. The number of hydrogen-bond acceptors (Lipinski definition) is 9. The van der Waals surface area contributed by atoms with Gasteiger partial charge in [0.25, 0.3) is 0 Å². The number of carbonyl (C=O) groups excluding carboxylic acids is 1. The summed E-state index contributed by atoms with van der Waals surface area (Å²) in [6.07, 6.45) is 9.79. The maximum absolute atomic E-state index is 14.5. The minimum absolute atomic E-state index is 0.00398. The first-order valence-electron chi connectivity index (χ1n) is 25.1. The van der Waals surface area contributed by atoms with E-state index in [4.69, 9.17) is 30.2 Å². The highest BCUT2D eigenvalue weighted by Gasteiger charge is 2.39. The summed E-state index contributed by atoms with van der Waals surface area (Å²) in [4.78, 5) is 15.5. The van der Waals surface area contributed by atoms with Crippen LogP contribution in [0.4, 0.5) is 20.6 Å². The lowest BCUT2D eigenvalue weighted by Crippen LogP contribution is -2.43. The molecule has 1 heterocycles. The predicted octanol–water partition coefficient (Wildman–Crippen LogP) is 13.8. The average Bonchev–Trinajstić information content (AvgIpc) is 3.33. The lowest BCUT2D eigenvalue weighted by atomic mass is 10.0. The number of nitrogens with zero attached hydrogens (tertiary/aromatic N) is 1. The van der Waals surface area contributed by atoms with Crippen LogP contribution < -0.4 is 24.8 Å². The van der Waals surface area contributed by atoms with E-state index in [0.717, 1.165) is 81.2 Å². The Labute approximate surface area is 428 Å². The Morgan fingerprint density at radius 1 is 0.775 bits per heavy atom. The van der Waals surface area contributed by atoms with Crippen molar-refractivity contribution in [2.45, 2.75) is 122 Å². The van der Waals surface area contributed by atoms with Crippen LogP contribution in [0.15, 0.2) is 115 Å². The highest BCUT2D eigenvalue weighted by Crippen LogP contribution is 2.41. The monoisotopic (exact) mass is 1030 g/mol. The van der Waals surface area contributed by atoms with E-state index in [1.165, 1.54) is 43.9 Å². The largest absolute Gasteiger partial charge is 0.487 e. The quantitative estimate of drug-likeness (QED) is 0.0366. The van der Waals surface area contributed by atoms with Crippen LogP contribution in [0.25, 0.3) is 11.1 Å². The minimum atomic E-state index is -3.56. The number of ether oxygens (including phenoxy) is 3. The molecule has 0 bridgehead atoms. The molecule has 1 amide bonds. The molecule has 6 rings (SSSR count). The maximum atomic E-state index is 14.5. The summed E-state index contributed by atoms with van der Waals surface area (Å²) in [7, 11) is -5.75. The SMILES string of the molecule is CC(C)(C)[Si](C)(C)O[C@@H](CNCCCCCCCCCN1CCC(OC(=O)Nc2ccc(F)cc2-c2ccc(OCc3ccccc3)c(Cl)c2)CC1)c1ccc(OCc2ccccc2)c(NS(C)(=O)=O)c1. The molecular formula is C56H74ClFN4O7SSi. The summed E-state index contributed by atoms with van der Waals surface area (Å²) in [5.74, 6) is 0.547. The van der Waals surface area contributed by atoms with Gasteiger partial charge in [0.05, 0.1) is 28.8 Å². The molecule has 1 saturated heterocycles. The number of benzene rings is 5. The highest BCUT2D eigenvalue weighted by molar-refractivity contribution is 7.92. The fourth-order valence-electron chi connectivity index (χ4n) is 8.28. The molecule has 0 aromatic heterocycles. The van der Waals surface area contributed by atoms with E-state index in [1.54, 1.807) is 18.2 Å². The number of carbonyl (C=O) groups is 1. The summed E-state index contributed by atoms with van der Waals surface area (Å²) in [6.45, 7) is 16.1. The molecule has 5 aromatic rings. The molecule has 1 fully saturated rings. The van der Waals surface area contributed by atoms with Crippen LogP contribution in [0.1, 0.15) is 101 Å². The zero-order valence-electron chi connectivity index (χ0n) is 42.4. The molecule has 0 unspecified atom stereocenters. The first-order valence-corrected chi connectivity index (χ1v) is 30.2. The summed E-state index contributed by atoms with van der Waals surface area (Å²) in [5.41, 5.74) is 4.87. The van der Waals surface area contributed by atoms with Crippen LogP contribution in [0, 0.1) is 5.82 Å². The van der Waals surface area contributed by atoms with Crippen molar-refractivity contribution < 1.29 is 36.2 Å². The fourth-order valence-corrected chi connectivity index (χ4v) is 10.4. The van der Waals surface area contributed by atoms with Gasteiger partial charge in [0.15, 0.2) is 8.32 Å². The molecule has 15 heteroatoms.